The molecule has 0 atom stereocenters. The third-order valence-electron chi connectivity index (χ3n) is 11.1. The van der Waals surface area contributed by atoms with Crippen molar-refractivity contribution in [3.8, 4) is 11.3 Å². The number of primary amides is 1. The summed E-state index contributed by atoms with van der Waals surface area (Å²) in [4.78, 5) is 34.7. The summed E-state index contributed by atoms with van der Waals surface area (Å²) in [5.74, 6) is 0.391. The van der Waals surface area contributed by atoms with Gasteiger partial charge in [0.25, 0.3) is 5.91 Å². The van der Waals surface area contributed by atoms with E-state index in [4.69, 9.17) is 20.4 Å². The number of rotatable bonds is 9. The number of nitrogens with zero attached hydrogens (tertiary/aromatic N) is 6. The minimum Gasteiger partial charge on any atom is -0.381 e. The van der Waals surface area contributed by atoms with Gasteiger partial charge in [0.1, 0.15) is 5.69 Å². The lowest BCUT2D eigenvalue weighted by molar-refractivity contribution is -0.0342. The highest BCUT2D eigenvalue weighted by molar-refractivity contribution is 5.97. The number of benzene rings is 1. The largest absolute Gasteiger partial charge is 0.381 e. The molecule has 11 nitrogen and oxygen atoms in total. The van der Waals surface area contributed by atoms with Gasteiger partial charge in [0, 0.05) is 93.4 Å². The van der Waals surface area contributed by atoms with Crippen molar-refractivity contribution in [3.05, 3.63) is 53.5 Å². The molecule has 11 heteroatoms. The fourth-order valence-corrected chi connectivity index (χ4v) is 8.23. The number of piperidine rings is 1. The molecule has 1 amide bonds. The summed E-state index contributed by atoms with van der Waals surface area (Å²) in [6, 6.07) is 11.3. The molecule has 0 unspecified atom stereocenters. The molecule has 48 heavy (non-hydrogen) atoms. The number of anilines is 4. The van der Waals surface area contributed by atoms with Crippen molar-refractivity contribution >= 4 is 28.9 Å². The maximum atomic E-state index is 12.8. The Bertz CT molecular complexity index is 1600. The molecule has 256 valence electrons. The van der Waals surface area contributed by atoms with Gasteiger partial charge in [0.15, 0.2) is 17.3 Å². The van der Waals surface area contributed by atoms with Crippen molar-refractivity contribution in [2.45, 2.75) is 70.9 Å². The highest BCUT2D eigenvalue weighted by Gasteiger charge is 2.45. The minimum absolute atomic E-state index is 0.118. The van der Waals surface area contributed by atoms with Crippen molar-refractivity contribution in [2.24, 2.45) is 11.1 Å². The lowest BCUT2D eigenvalue weighted by Crippen LogP contribution is -2.52. The Morgan fingerprint density at radius 1 is 1.00 bits per heavy atom. The summed E-state index contributed by atoms with van der Waals surface area (Å²) < 4.78 is 5.63. The van der Waals surface area contributed by atoms with Gasteiger partial charge in [-0.2, -0.15) is 0 Å². The zero-order chi connectivity index (χ0) is 33.3. The number of amides is 1. The third-order valence-corrected chi connectivity index (χ3v) is 11.1. The molecule has 4 fully saturated rings. The quantitative estimate of drug-likeness (QED) is 0.296. The average molecular weight is 654 g/mol. The summed E-state index contributed by atoms with van der Waals surface area (Å²) in [6.45, 7) is 12.6. The number of ether oxygens (including phenoxy) is 1. The van der Waals surface area contributed by atoms with E-state index >= 15 is 0 Å². The summed E-state index contributed by atoms with van der Waals surface area (Å²) in [5.41, 5.74) is 12.2. The molecule has 4 N–H and O–H groups in total. The number of nitrogens with two attached hydrogens (primary N) is 1. The molecule has 3 aliphatic heterocycles. The second kappa shape index (κ2) is 14.0. The Hall–Kier alpha value is -3.80. The first-order valence-electron chi connectivity index (χ1n) is 17.9. The SMILES string of the molecule is CCc1cc(Nc2nc(NC3CC4(CCOCC4)C3)c(-c3ccnc(C)c3)nc2C(N)=O)ccc1N1CCC(N2CCN(C)CC2)CC1. The van der Waals surface area contributed by atoms with Crippen molar-refractivity contribution in [2.75, 3.05) is 75.1 Å². The molecule has 1 spiro atoms. The van der Waals surface area contributed by atoms with E-state index in [9.17, 15) is 4.79 Å². The van der Waals surface area contributed by atoms with Crippen LogP contribution in [0.5, 0.6) is 0 Å². The van der Waals surface area contributed by atoms with Crippen molar-refractivity contribution < 1.29 is 9.53 Å². The summed E-state index contributed by atoms with van der Waals surface area (Å²) in [5, 5.41) is 7.13. The molecule has 7 rings (SSSR count). The molecule has 1 aliphatic carbocycles. The molecule has 4 aliphatic rings. The fraction of sp³-hybridized carbons (Fsp3) is 0.568. The van der Waals surface area contributed by atoms with Crippen molar-refractivity contribution in [3.63, 3.8) is 0 Å². The molecule has 5 heterocycles. The number of carbonyl (C=O) groups is 1. The Balaban J connectivity index is 1.12. The number of aromatic nitrogens is 3. The molecule has 1 saturated carbocycles. The lowest BCUT2D eigenvalue weighted by atomic mass is 9.61. The molecule has 1 aromatic carbocycles. The van der Waals surface area contributed by atoms with Crippen LogP contribution in [0.3, 0.4) is 0 Å². The van der Waals surface area contributed by atoms with Gasteiger partial charge in [-0.3, -0.25) is 14.7 Å². The molecular weight excluding hydrogens is 602 g/mol. The van der Waals surface area contributed by atoms with Gasteiger partial charge in [-0.05, 0) is 100 Å². The van der Waals surface area contributed by atoms with Crippen LogP contribution in [0.2, 0.25) is 0 Å². The normalized spacial score (nSPS) is 20.9. The Morgan fingerprint density at radius 2 is 1.75 bits per heavy atom. The standard InChI is InChI=1S/C37H51N9O2/c1-4-26-22-28(5-6-31(26)46-13-8-30(9-14-46)45-17-15-44(3)16-18-45)40-36-33(34(38)47)42-32(27-7-12-39-25(2)21-27)35(43-36)41-29-23-37(24-29)10-19-48-20-11-37/h5-7,12,21-22,29-30H,4,8-11,13-20,23-24H2,1-3H3,(H2,38,47)(H2,40,41,43). The zero-order valence-corrected chi connectivity index (χ0v) is 28.8. The smallest absolute Gasteiger partial charge is 0.271 e. The zero-order valence-electron chi connectivity index (χ0n) is 28.8. The maximum Gasteiger partial charge on any atom is 0.271 e. The first-order valence-corrected chi connectivity index (χ1v) is 17.9. The Kier molecular flexibility index (Phi) is 9.53. The van der Waals surface area contributed by atoms with Crippen LogP contribution in [0.1, 0.15) is 67.2 Å². The van der Waals surface area contributed by atoms with Crippen LogP contribution in [-0.2, 0) is 11.2 Å². The number of nitrogens with one attached hydrogen (secondary N) is 2. The summed E-state index contributed by atoms with van der Waals surface area (Å²) in [7, 11) is 2.22. The first kappa shape index (κ1) is 32.7. The van der Waals surface area contributed by atoms with Crippen LogP contribution in [0, 0.1) is 12.3 Å². The van der Waals surface area contributed by atoms with Crippen LogP contribution < -0.4 is 21.3 Å². The van der Waals surface area contributed by atoms with E-state index in [0.29, 0.717) is 28.8 Å². The molecule has 0 radical (unpaired) electrons. The Morgan fingerprint density at radius 3 is 2.44 bits per heavy atom. The van der Waals surface area contributed by atoms with E-state index in [1.165, 1.54) is 37.2 Å². The first-order chi connectivity index (χ1) is 23.3. The van der Waals surface area contributed by atoms with E-state index in [2.05, 4.69) is 62.5 Å². The van der Waals surface area contributed by atoms with Crippen LogP contribution in [0.15, 0.2) is 36.5 Å². The highest BCUT2D eigenvalue weighted by atomic mass is 16.5. The number of hydrogen-bond acceptors (Lipinski definition) is 10. The van der Waals surface area contributed by atoms with E-state index in [1.807, 2.05) is 19.1 Å². The molecule has 3 saturated heterocycles. The molecule has 0 bridgehead atoms. The van der Waals surface area contributed by atoms with Crippen molar-refractivity contribution in [1.82, 2.24) is 24.8 Å². The monoisotopic (exact) mass is 653 g/mol. The van der Waals surface area contributed by atoms with E-state index in [-0.39, 0.29) is 11.7 Å². The fourth-order valence-electron chi connectivity index (χ4n) is 8.23. The molecule has 2 aromatic heterocycles. The molecule has 3 aromatic rings. The number of piperazine rings is 1. The number of hydrogen-bond donors (Lipinski definition) is 3. The predicted molar refractivity (Wildman–Crippen MR) is 191 cm³/mol. The number of aryl methyl sites for hydroxylation is 2. The molecular formula is C37H51N9O2. The summed E-state index contributed by atoms with van der Waals surface area (Å²) in [6.07, 6.45) is 9.39. The van der Waals surface area contributed by atoms with E-state index in [0.717, 1.165) is 88.4 Å². The van der Waals surface area contributed by atoms with Crippen LogP contribution in [0.4, 0.5) is 23.0 Å². The maximum absolute atomic E-state index is 12.8. The Labute approximate surface area is 284 Å². The third kappa shape index (κ3) is 6.99. The van der Waals surface area contributed by atoms with Gasteiger partial charge in [-0.25, -0.2) is 9.97 Å². The van der Waals surface area contributed by atoms with Crippen LogP contribution in [-0.4, -0.2) is 102 Å². The topological polar surface area (TPSA) is 125 Å². The van der Waals surface area contributed by atoms with Gasteiger partial charge >= 0.3 is 0 Å². The van der Waals surface area contributed by atoms with Gasteiger partial charge in [-0.1, -0.05) is 6.92 Å². The summed E-state index contributed by atoms with van der Waals surface area (Å²) >= 11 is 0. The van der Waals surface area contributed by atoms with Gasteiger partial charge in [0.05, 0.1) is 0 Å². The van der Waals surface area contributed by atoms with Crippen LogP contribution in [0.25, 0.3) is 11.3 Å². The minimum atomic E-state index is -0.621. The van der Waals surface area contributed by atoms with E-state index < -0.39 is 5.91 Å². The number of pyridine rings is 1. The number of carbonyl (C=O) groups excluding carboxylic acids is 1. The lowest BCUT2D eigenvalue weighted by Gasteiger charge is -2.50. The van der Waals surface area contributed by atoms with E-state index in [1.54, 1.807) is 6.20 Å². The van der Waals surface area contributed by atoms with Crippen molar-refractivity contribution in [1.29, 1.82) is 0 Å². The second-order valence-electron chi connectivity index (χ2n) is 14.4. The van der Waals surface area contributed by atoms with Gasteiger partial charge < -0.3 is 30.9 Å². The second-order valence-corrected chi connectivity index (χ2v) is 14.4. The number of likely N-dealkylation sites (N-methyl/N-ethyl adjacent to an activating group) is 1. The predicted octanol–water partition coefficient (Wildman–Crippen LogP) is 4.84. The van der Waals surface area contributed by atoms with Gasteiger partial charge in [0.2, 0.25) is 0 Å². The van der Waals surface area contributed by atoms with Gasteiger partial charge in [-0.15, -0.1) is 0 Å². The highest BCUT2D eigenvalue weighted by Crippen LogP contribution is 2.50. The average Bonchev–Trinajstić information content (AvgIpc) is 3.08. The van der Waals surface area contributed by atoms with Crippen LogP contribution >= 0.6 is 0 Å².